The van der Waals surface area contributed by atoms with Crippen LogP contribution >= 0.6 is 0 Å². The number of nitrogens with two attached hydrogens (primary N) is 1. The lowest BCUT2D eigenvalue weighted by Gasteiger charge is -2.15. The summed E-state index contributed by atoms with van der Waals surface area (Å²) in [5, 5.41) is -0.439. The molecule has 2 aromatic rings. The third kappa shape index (κ3) is 4.90. The number of sulfonamides is 1. The molecule has 1 atom stereocenters. The molecule has 0 aliphatic carbocycles. The second-order valence-corrected chi connectivity index (χ2v) is 8.73. The van der Waals surface area contributed by atoms with Crippen LogP contribution in [-0.2, 0) is 10.0 Å². The van der Waals surface area contributed by atoms with Crippen LogP contribution in [0.3, 0.4) is 0 Å². The van der Waals surface area contributed by atoms with Gasteiger partial charge in [-0.1, -0.05) is 43.3 Å². The smallest absolute Gasteiger partial charge is 0.248 e. The maximum Gasteiger partial charge on any atom is 0.248 e. The Morgan fingerprint density at radius 1 is 0.960 bits per heavy atom. The largest absolute Gasteiger partial charge is 0.366 e. The van der Waals surface area contributed by atoms with Crippen LogP contribution in [0.2, 0.25) is 0 Å². The van der Waals surface area contributed by atoms with Crippen LogP contribution < -0.4 is 10.5 Å². The zero-order valence-corrected chi connectivity index (χ0v) is 15.5. The summed E-state index contributed by atoms with van der Waals surface area (Å²) in [6.07, 6.45) is 0. The Hall–Kier alpha value is -2.18. The Kier molecular flexibility index (Phi) is 5.98. The SMILES string of the molecule is CC(CNS(=O)(=O)C(C)C)c1ccc(-c2ccc(C(N)=O)cc2)cc1. The summed E-state index contributed by atoms with van der Waals surface area (Å²) in [5.41, 5.74) is 8.80. The molecule has 134 valence electrons. The van der Waals surface area contributed by atoms with Crippen molar-refractivity contribution in [3.63, 3.8) is 0 Å². The highest BCUT2D eigenvalue weighted by atomic mass is 32.2. The second-order valence-electron chi connectivity index (χ2n) is 6.41. The Labute approximate surface area is 149 Å². The van der Waals surface area contributed by atoms with E-state index in [4.69, 9.17) is 5.73 Å². The van der Waals surface area contributed by atoms with Gasteiger partial charge in [-0.25, -0.2) is 13.1 Å². The normalized spacial score (nSPS) is 13.0. The number of hydrogen-bond donors (Lipinski definition) is 2. The Morgan fingerprint density at radius 2 is 1.44 bits per heavy atom. The molecule has 1 amide bonds. The lowest BCUT2D eigenvalue weighted by Crippen LogP contribution is -2.33. The van der Waals surface area contributed by atoms with E-state index < -0.39 is 21.2 Å². The fraction of sp³-hybridized carbons (Fsp3) is 0.316. The van der Waals surface area contributed by atoms with Crippen molar-refractivity contribution >= 4 is 15.9 Å². The summed E-state index contributed by atoms with van der Waals surface area (Å²) >= 11 is 0. The van der Waals surface area contributed by atoms with Crippen LogP contribution in [0.25, 0.3) is 11.1 Å². The van der Waals surface area contributed by atoms with E-state index >= 15 is 0 Å². The number of nitrogens with one attached hydrogen (secondary N) is 1. The number of benzene rings is 2. The van der Waals surface area contributed by atoms with Gasteiger partial charge in [0.2, 0.25) is 15.9 Å². The zero-order valence-electron chi connectivity index (χ0n) is 14.7. The first-order valence-electron chi connectivity index (χ1n) is 8.19. The van der Waals surface area contributed by atoms with E-state index in [-0.39, 0.29) is 5.92 Å². The fourth-order valence-electron chi connectivity index (χ4n) is 2.36. The first-order chi connectivity index (χ1) is 11.7. The van der Waals surface area contributed by atoms with Crippen LogP contribution in [0.1, 0.15) is 42.6 Å². The van der Waals surface area contributed by atoms with Crippen LogP contribution in [0.5, 0.6) is 0 Å². The molecule has 1 unspecified atom stereocenters. The lowest BCUT2D eigenvalue weighted by atomic mass is 9.97. The van der Waals surface area contributed by atoms with Gasteiger partial charge in [-0.3, -0.25) is 4.79 Å². The Balaban J connectivity index is 2.07. The molecule has 0 aliphatic rings. The molecule has 2 rings (SSSR count). The van der Waals surface area contributed by atoms with Gasteiger partial charge in [0, 0.05) is 12.1 Å². The first kappa shape index (κ1) is 19.1. The molecule has 2 aromatic carbocycles. The van der Waals surface area contributed by atoms with Gasteiger partial charge in [0.05, 0.1) is 5.25 Å². The van der Waals surface area contributed by atoms with Crippen LogP contribution in [0.4, 0.5) is 0 Å². The predicted octanol–water partition coefficient (Wildman–Crippen LogP) is 2.88. The first-order valence-corrected chi connectivity index (χ1v) is 9.74. The quantitative estimate of drug-likeness (QED) is 0.795. The van der Waals surface area contributed by atoms with Crippen molar-refractivity contribution in [2.24, 2.45) is 5.73 Å². The molecule has 0 aliphatic heterocycles. The molecular formula is C19H24N2O3S. The minimum Gasteiger partial charge on any atom is -0.366 e. The van der Waals surface area contributed by atoms with E-state index in [2.05, 4.69) is 4.72 Å². The number of carbonyl (C=O) groups excluding carboxylic acids is 1. The molecule has 0 heterocycles. The number of hydrogen-bond acceptors (Lipinski definition) is 3. The highest BCUT2D eigenvalue weighted by Gasteiger charge is 2.17. The lowest BCUT2D eigenvalue weighted by molar-refractivity contribution is 0.100. The summed E-state index contributed by atoms with van der Waals surface area (Å²) in [6, 6.07) is 15.1. The van der Waals surface area contributed by atoms with Crippen LogP contribution in [-0.4, -0.2) is 26.1 Å². The van der Waals surface area contributed by atoms with Crippen molar-refractivity contribution in [1.82, 2.24) is 4.72 Å². The standard InChI is InChI=1S/C19H24N2O3S/c1-13(2)25(23,24)21-12-14(3)15-4-6-16(7-5-15)17-8-10-18(11-9-17)19(20)22/h4-11,13-14,21H,12H2,1-3H3,(H2,20,22). The van der Waals surface area contributed by atoms with Crippen molar-refractivity contribution < 1.29 is 13.2 Å². The van der Waals surface area contributed by atoms with E-state index in [0.29, 0.717) is 12.1 Å². The molecular weight excluding hydrogens is 336 g/mol. The van der Waals surface area contributed by atoms with Crippen molar-refractivity contribution in [3.8, 4) is 11.1 Å². The molecule has 0 fully saturated rings. The maximum atomic E-state index is 11.8. The highest BCUT2D eigenvalue weighted by Crippen LogP contribution is 2.23. The van der Waals surface area contributed by atoms with Crippen molar-refractivity contribution in [2.45, 2.75) is 31.9 Å². The second kappa shape index (κ2) is 7.80. The minimum atomic E-state index is -3.25. The molecule has 0 saturated heterocycles. The summed E-state index contributed by atoms with van der Waals surface area (Å²) in [5.74, 6) is -0.376. The third-order valence-electron chi connectivity index (χ3n) is 4.19. The molecule has 0 saturated carbocycles. The van der Waals surface area contributed by atoms with Gasteiger partial charge in [-0.15, -0.1) is 0 Å². The van der Waals surface area contributed by atoms with Gasteiger partial charge in [0.15, 0.2) is 0 Å². The van der Waals surface area contributed by atoms with Gasteiger partial charge < -0.3 is 5.73 Å². The number of primary amides is 1. The average molecular weight is 360 g/mol. The predicted molar refractivity (Wildman–Crippen MR) is 101 cm³/mol. The topological polar surface area (TPSA) is 89.3 Å². The van der Waals surface area contributed by atoms with E-state index in [9.17, 15) is 13.2 Å². The number of carbonyl (C=O) groups is 1. The highest BCUT2D eigenvalue weighted by molar-refractivity contribution is 7.90. The minimum absolute atomic E-state index is 0.0693. The molecule has 5 nitrogen and oxygen atoms in total. The molecule has 0 bridgehead atoms. The summed E-state index contributed by atoms with van der Waals surface area (Å²) in [6.45, 7) is 5.67. The molecule has 3 N–H and O–H groups in total. The zero-order chi connectivity index (χ0) is 18.6. The van der Waals surface area contributed by atoms with Gasteiger partial charge in [-0.05, 0) is 48.6 Å². The van der Waals surface area contributed by atoms with E-state index in [0.717, 1.165) is 16.7 Å². The van der Waals surface area contributed by atoms with Gasteiger partial charge in [0.25, 0.3) is 0 Å². The third-order valence-corrected chi connectivity index (χ3v) is 6.00. The molecule has 0 radical (unpaired) electrons. The summed E-state index contributed by atoms with van der Waals surface area (Å²) < 4.78 is 26.3. The van der Waals surface area contributed by atoms with E-state index in [1.54, 1.807) is 26.0 Å². The maximum absolute atomic E-state index is 11.8. The number of amides is 1. The fourth-order valence-corrected chi connectivity index (χ4v) is 3.17. The van der Waals surface area contributed by atoms with Gasteiger partial charge in [0.1, 0.15) is 0 Å². The van der Waals surface area contributed by atoms with Crippen LogP contribution in [0, 0.1) is 0 Å². The molecule has 0 aromatic heterocycles. The van der Waals surface area contributed by atoms with Crippen molar-refractivity contribution in [1.29, 1.82) is 0 Å². The number of rotatable bonds is 7. The molecule has 6 heteroatoms. The van der Waals surface area contributed by atoms with Gasteiger partial charge in [-0.2, -0.15) is 0 Å². The summed E-state index contributed by atoms with van der Waals surface area (Å²) in [7, 11) is -3.25. The van der Waals surface area contributed by atoms with Crippen LogP contribution in [0.15, 0.2) is 48.5 Å². The Bertz CT molecular complexity index is 826. The Morgan fingerprint density at radius 3 is 1.88 bits per heavy atom. The van der Waals surface area contributed by atoms with E-state index in [1.807, 2.05) is 43.3 Å². The van der Waals surface area contributed by atoms with Crippen molar-refractivity contribution in [3.05, 3.63) is 59.7 Å². The average Bonchev–Trinajstić information content (AvgIpc) is 2.60. The molecule has 25 heavy (non-hydrogen) atoms. The summed E-state index contributed by atoms with van der Waals surface area (Å²) in [4.78, 5) is 11.1. The van der Waals surface area contributed by atoms with Gasteiger partial charge >= 0.3 is 0 Å². The van der Waals surface area contributed by atoms with Crippen molar-refractivity contribution in [2.75, 3.05) is 6.54 Å². The van der Waals surface area contributed by atoms with E-state index in [1.165, 1.54) is 0 Å². The molecule has 0 spiro atoms. The monoisotopic (exact) mass is 360 g/mol.